The van der Waals surface area contributed by atoms with Crippen molar-refractivity contribution < 1.29 is 9.53 Å². The second-order valence-corrected chi connectivity index (χ2v) is 8.29. The quantitative estimate of drug-likeness (QED) is 0.662. The van der Waals surface area contributed by atoms with Crippen molar-refractivity contribution in [3.63, 3.8) is 0 Å². The lowest BCUT2D eigenvalue weighted by atomic mass is 9.55. The lowest BCUT2D eigenvalue weighted by molar-refractivity contribution is -0.179. The van der Waals surface area contributed by atoms with Crippen LogP contribution in [0.1, 0.15) is 80.6 Å². The maximum Gasteiger partial charge on any atom is 0.313 e. The normalized spacial score (nSPS) is 19.3. The highest BCUT2D eigenvalue weighted by atomic mass is 16.5. The van der Waals surface area contributed by atoms with Gasteiger partial charge in [-0.1, -0.05) is 48.0 Å². The predicted octanol–water partition coefficient (Wildman–Crippen LogP) is 4.96. The van der Waals surface area contributed by atoms with E-state index in [2.05, 4.69) is 48.5 Å². The minimum absolute atomic E-state index is 0.0144. The van der Waals surface area contributed by atoms with E-state index in [1.807, 2.05) is 0 Å². The van der Waals surface area contributed by atoms with Gasteiger partial charge in [-0.05, 0) is 43.4 Å². The van der Waals surface area contributed by atoms with Crippen LogP contribution in [-0.2, 0) is 9.53 Å². The van der Waals surface area contributed by atoms with Crippen molar-refractivity contribution in [3.05, 3.63) is 0 Å². The lowest BCUT2D eigenvalue weighted by Crippen LogP contribution is -2.51. The molecule has 0 radical (unpaired) electrons. The van der Waals surface area contributed by atoms with Crippen LogP contribution in [0.4, 0.5) is 0 Å². The summed E-state index contributed by atoms with van der Waals surface area (Å²) in [7, 11) is 0. The van der Waals surface area contributed by atoms with Gasteiger partial charge in [-0.3, -0.25) is 4.79 Å². The third kappa shape index (κ3) is 3.32. The van der Waals surface area contributed by atoms with E-state index in [4.69, 9.17) is 4.74 Å². The van der Waals surface area contributed by atoms with E-state index in [-0.39, 0.29) is 22.9 Å². The van der Waals surface area contributed by atoms with Crippen molar-refractivity contribution in [2.24, 2.45) is 16.2 Å². The van der Waals surface area contributed by atoms with Crippen molar-refractivity contribution in [2.75, 3.05) is 0 Å². The van der Waals surface area contributed by atoms with Crippen LogP contribution < -0.4 is 0 Å². The average molecular weight is 268 g/mol. The molecule has 0 spiro atoms. The van der Waals surface area contributed by atoms with Crippen LogP contribution in [-0.4, -0.2) is 12.1 Å². The molecule has 1 saturated carbocycles. The molecule has 19 heavy (non-hydrogen) atoms. The fourth-order valence-corrected chi connectivity index (χ4v) is 3.19. The van der Waals surface area contributed by atoms with E-state index in [1.165, 1.54) is 19.3 Å². The summed E-state index contributed by atoms with van der Waals surface area (Å²) in [6, 6.07) is 0. The standard InChI is InChI=1S/C17H32O2/c1-15(2,3)17(7,16(4,5)6)14(18)19-13-11-9-8-10-12-13/h13H,8-12H2,1-7H3. The summed E-state index contributed by atoms with van der Waals surface area (Å²) >= 11 is 0. The van der Waals surface area contributed by atoms with Gasteiger partial charge in [0.25, 0.3) is 0 Å². The van der Waals surface area contributed by atoms with Crippen LogP contribution in [0, 0.1) is 16.2 Å². The Hall–Kier alpha value is -0.530. The highest BCUT2D eigenvalue weighted by molar-refractivity contribution is 5.78. The third-order valence-corrected chi connectivity index (χ3v) is 5.23. The first-order chi connectivity index (χ1) is 8.50. The Morgan fingerprint density at radius 2 is 1.26 bits per heavy atom. The zero-order valence-corrected chi connectivity index (χ0v) is 13.9. The van der Waals surface area contributed by atoms with Crippen molar-refractivity contribution in [1.82, 2.24) is 0 Å². The summed E-state index contributed by atoms with van der Waals surface area (Å²) in [6.07, 6.45) is 5.89. The van der Waals surface area contributed by atoms with Crippen LogP contribution in [0.25, 0.3) is 0 Å². The number of hydrogen-bond donors (Lipinski definition) is 0. The molecular weight excluding hydrogens is 236 g/mol. The largest absolute Gasteiger partial charge is 0.462 e. The fourth-order valence-electron chi connectivity index (χ4n) is 3.19. The Morgan fingerprint density at radius 1 is 0.842 bits per heavy atom. The second-order valence-electron chi connectivity index (χ2n) is 8.29. The van der Waals surface area contributed by atoms with Crippen molar-refractivity contribution in [3.8, 4) is 0 Å². The van der Waals surface area contributed by atoms with Gasteiger partial charge < -0.3 is 4.74 Å². The first-order valence-corrected chi connectivity index (χ1v) is 7.71. The molecule has 1 fully saturated rings. The number of carbonyl (C=O) groups excluding carboxylic acids is 1. The zero-order valence-electron chi connectivity index (χ0n) is 13.9. The molecule has 0 aromatic rings. The Labute approximate surface area is 119 Å². The first kappa shape index (κ1) is 16.5. The molecule has 1 rings (SSSR count). The summed E-state index contributed by atoms with van der Waals surface area (Å²) in [4.78, 5) is 12.8. The van der Waals surface area contributed by atoms with E-state index in [9.17, 15) is 4.79 Å². The molecule has 2 heteroatoms. The van der Waals surface area contributed by atoms with Gasteiger partial charge in [-0.15, -0.1) is 0 Å². The van der Waals surface area contributed by atoms with E-state index >= 15 is 0 Å². The Bertz CT molecular complexity index is 297. The van der Waals surface area contributed by atoms with E-state index in [1.54, 1.807) is 0 Å². The number of carbonyl (C=O) groups is 1. The summed E-state index contributed by atoms with van der Waals surface area (Å²) < 4.78 is 5.87. The molecule has 0 bridgehead atoms. The summed E-state index contributed by atoms with van der Waals surface area (Å²) in [5, 5.41) is 0. The molecule has 0 aliphatic heterocycles. The maximum absolute atomic E-state index is 12.8. The number of rotatable bonds is 2. The Kier molecular flexibility index (Phi) is 4.75. The zero-order chi connectivity index (χ0) is 14.9. The first-order valence-electron chi connectivity index (χ1n) is 7.71. The molecule has 1 aliphatic carbocycles. The monoisotopic (exact) mass is 268 g/mol. The topological polar surface area (TPSA) is 26.3 Å². The molecular formula is C17H32O2. The van der Waals surface area contributed by atoms with E-state index in [0.29, 0.717) is 0 Å². The fraction of sp³-hybridized carbons (Fsp3) is 0.941. The molecule has 0 aromatic heterocycles. The minimum atomic E-state index is -0.475. The van der Waals surface area contributed by atoms with Gasteiger partial charge in [0, 0.05) is 0 Å². The number of ether oxygens (including phenoxy) is 1. The molecule has 2 nitrogen and oxygen atoms in total. The molecule has 112 valence electrons. The molecule has 0 N–H and O–H groups in total. The number of esters is 1. The predicted molar refractivity (Wildman–Crippen MR) is 80.0 cm³/mol. The van der Waals surface area contributed by atoms with Gasteiger partial charge in [0.1, 0.15) is 6.10 Å². The minimum Gasteiger partial charge on any atom is -0.462 e. The van der Waals surface area contributed by atoms with Crippen molar-refractivity contribution >= 4 is 5.97 Å². The molecule has 0 unspecified atom stereocenters. The highest BCUT2D eigenvalue weighted by Gasteiger charge is 2.54. The molecule has 1 aliphatic rings. The summed E-state index contributed by atoms with van der Waals surface area (Å²) in [5.74, 6) is -0.0144. The second kappa shape index (κ2) is 5.46. The van der Waals surface area contributed by atoms with Gasteiger partial charge in [-0.2, -0.15) is 0 Å². The lowest BCUT2D eigenvalue weighted by Gasteiger charge is -2.49. The van der Waals surface area contributed by atoms with Crippen LogP contribution >= 0.6 is 0 Å². The van der Waals surface area contributed by atoms with Crippen molar-refractivity contribution in [1.29, 1.82) is 0 Å². The van der Waals surface area contributed by atoms with Crippen LogP contribution in [0.5, 0.6) is 0 Å². The molecule has 0 heterocycles. The highest BCUT2D eigenvalue weighted by Crippen LogP contribution is 2.52. The summed E-state index contributed by atoms with van der Waals surface area (Å²) in [5.41, 5.74) is -0.703. The molecule has 0 aromatic carbocycles. The van der Waals surface area contributed by atoms with Gasteiger partial charge in [0.2, 0.25) is 0 Å². The van der Waals surface area contributed by atoms with Gasteiger partial charge in [0.15, 0.2) is 0 Å². The molecule has 0 atom stereocenters. The van der Waals surface area contributed by atoms with Crippen molar-refractivity contribution in [2.45, 2.75) is 86.7 Å². The number of hydrogen-bond acceptors (Lipinski definition) is 2. The molecule has 0 saturated heterocycles. The SMILES string of the molecule is CC(C)(C)C(C)(C(=O)OC1CCCCC1)C(C)(C)C. The van der Waals surface area contributed by atoms with Gasteiger partial charge >= 0.3 is 5.97 Å². The van der Waals surface area contributed by atoms with Gasteiger partial charge in [0.05, 0.1) is 5.41 Å². The Morgan fingerprint density at radius 3 is 1.63 bits per heavy atom. The van der Waals surface area contributed by atoms with E-state index < -0.39 is 5.41 Å². The van der Waals surface area contributed by atoms with E-state index in [0.717, 1.165) is 12.8 Å². The van der Waals surface area contributed by atoms with Crippen LogP contribution in [0.2, 0.25) is 0 Å². The average Bonchev–Trinajstić information content (AvgIpc) is 2.26. The van der Waals surface area contributed by atoms with Crippen LogP contribution in [0.3, 0.4) is 0 Å². The van der Waals surface area contributed by atoms with Gasteiger partial charge in [-0.25, -0.2) is 0 Å². The van der Waals surface area contributed by atoms with Crippen LogP contribution in [0.15, 0.2) is 0 Å². The Balaban J connectivity index is 2.90. The maximum atomic E-state index is 12.8. The molecule has 0 amide bonds. The summed E-state index contributed by atoms with van der Waals surface area (Å²) in [6.45, 7) is 14.9. The smallest absolute Gasteiger partial charge is 0.313 e. The third-order valence-electron chi connectivity index (χ3n) is 5.23.